The Balaban J connectivity index is 2.06. The molecule has 2 atom stereocenters. The Bertz CT molecular complexity index is 664. The van der Waals surface area contributed by atoms with E-state index in [9.17, 15) is 0 Å². The van der Waals surface area contributed by atoms with Gasteiger partial charge in [0, 0.05) is 22.5 Å². The van der Waals surface area contributed by atoms with Crippen molar-refractivity contribution in [2.45, 2.75) is 24.8 Å². The molecule has 2 aromatic rings. The molecule has 0 saturated carbocycles. The summed E-state index contributed by atoms with van der Waals surface area (Å²) in [6.45, 7) is 3.39. The van der Waals surface area contributed by atoms with Crippen molar-refractivity contribution in [1.82, 2.24) is 5.32 Å². The predicted molar refractivity (Wildman–Crippen MR) is 81.5 cm³/mol. The SMILES string of the molecule is C[C@]12CN[C@H](Cc3ccc(Br)cc31)c1ccccc12. The van der Waals surface area contributed by atoms with Crippen molar-refractivity contribution < 1.29 is 0 Å². The first-order valence-electron chi connectivity index (χ1n) is 6.80. The maximum absolute atomic E-state index is 3.73. The summed E-state index contributed by atoms with van der Waals surface area (Å²) in [6, 6.07) is 16.1. The largest absolute Gasteiger partial charge is 0.308 e. The summed E-state index contributed by atoms with van der Waals surface area (Å²) in [7, 11) is 0. The third-order valence-corrected chi connectivity index (χ3v) is 5.22. The molecule has 2 bridgehead atoms. The molecule has 0 unspecified atom stereocenters. The summed E-state index contributed by atoms with van der Waals surface area (Å²) in [6.07, 6.45) is 1.09. The van der Waals surface area contributed by atoms with Crippen LogP contribution in [0.3, 0.4) is 0 Å². The lowest BCUT2D eigenvalue weighted by molar-refractivity contribution is 0.425. The molecule has 5 rings (SSSR count). The second-order valence-corrected chi connectivity index (χ2v) is 6.77. The number of hydrogen-bond acceptors (Lipinski definition) is 1. The standard InChI is InChI=1S/C17H16BrN/c1-17-10-19-16(13-4-2-3-5-14(13)17)8-11-6-7-12(18)9-15(11)17/h2-7,9,16,19H,8,10H2,1H3/t16-,17-/m1/s1. The monoisotopic (exact) mass is 313 g/mol. The van der Waals surface area contributed by atoms with Crippen LogP contribution in [0.5, 0.6) is 0 Å². The highest BCUT2D eigenvalue weighted by atomic mass is 79.9. The first-order valence-corrected chi connectivity index (χ1v) is 7.59. The topological polar surface area (TPSA) is 12.0 Å². The predicted octanol–water partition coefficient (Wildman–Crippen LogP) is 3.96. The minimum absolute atomic E-state index is 0.0860. The van der Waals surface area contributed by atoms with Crippen LogP contribution in [0.25, 0.3) is 0 Å². The van der Waals surface area contributed by atoms with Gasteiger partial charge in [-0.05, 0) is 40.8 Å². The van der Waals surface area contributed by atoms with Gasteiger partial charge in [-0.2, -0.15) is 0 Å². The van der Waals surface area contributed by atoms with E-state index >= 15 is 0 Å². The van der Waals surface area contributed by atoms with Crippen molar-refractivity contribution in [3.8, 4) is 0 Å². The Morgan fingerprint density at radius 1 is 1.16 bits per heavy atom. The molecule has 0 radical (unpaired) electrons. The van der Waals surface area contributed by atoms with Crippen LogP contribution in [0, 0.1) is 0 Å². The van der Waals surface area contributed by atoms with Gasteiger partial charge in [-0.15, -0.1) is 0 Å². The highest BCUT2D eigenvalue weighted by Crippen LogP contribution is 2.46. The second kappa shape index (κ2) is 3.94. The van der Waals surface area contributed by atoms with Crippen molar-refractivity contribution in [2.75, 3.05) is 6.54 Å². The number of rotatable bonds is 0. The average Bonchev–Trinajstić information content (AvgIpc) is 2.63. The number of nitrogens with one attached hydrogen (secondary N) is 1. The molecule has 2 heterocycles. The van der Waals surface area contributed by atoms with Crippen molar-refractivity contribution >= 4 is 15.9 Å². The van der Waals surface area contributed by atoms with E-state index in [1.165, 1.54) is 26.7 Å². The van der Waals surface area contributed by atoms with E-state index in [1.54, 1.807) is 0 Å². The molecule has 2 aromatic carbocycles. The first-order chi connectivity index (χ1) is 9.18. The second-order valence-electron chi connectivity index (χ2n) is 5.86. The van der Waals surface area contributed by atoms with E-state index in [0.29, 0.717) is 6.04 Å². The van der Waals surface area contributed by atoms with E-state index in [2.05, 4.69) is 70.6 Å². The van der Waals surface area contributed by atoms with Gasteiger partial charge in [0.1, 0.15) is 0 Å². The Morgan fingerprint density at radius 2 is 2.00 bits per heavy atom. The Morgan fingerprint density at radius 3 is 2.89 bits per heavy atom. The van der Waals surface area contributed by atoms with Gasteiger partial charge in [0.15, 0.2) is 0 Å². The van der Waals surface area contributed by atoms with Crippen molar-refractivity contribution in [3.05, 3.63) is 69.2 Å². The van der Waals surface area contributed by atoms with Crippen LogP contribution in [-0.2, 0) is 11.8 Å². The molecule has 19 heavy (non-hydrogen) atoms. The Hall–Kier alpha value is -1.12. The molecule has 0 saturated heterocycles. The summed E-state index contributed by atoms with van der Waals surface area (Å²) in [5.41, 5.74) is 6.01. The lowest BCUT2D eigenvalue weighted by Crippen LogP contribution is -2.42. The summed E-state index contributed by atoms with van der Waals surface area (Å²) in [5, 5.41) is 3.73. The molecule has 0 aromatic heterocycles. The molecule has 2 aliphatic heterocycles. The van der Waals surface area contributed by atoms with E-state index in [4.69, 9.17) is 0 Å². The molecule has 2 heteroatoms. The van der Waals surface area contributed by atoms with Crippen molar-refractivity contribution in [2.24, 2.45) is 0 Å². The molecular formula is C17H16BrN. The van der Waals surface area contributed by atoms with Crippen LogP contribution in [0.2, 0.25) is 0 Å². The number of hydrogen-bond donors (Lipinski definition) is 1. The van der Waals surface area contributed by atoms with E-state index in [0.717, 1.165) is 13.0 Å². The van der Waals surface area contributed by atoms with Gasteiger partial charge in [-0.1, -0.05) is 53.2 Å². The molecule has 1 N–H and O–H groups in total. The molecule has 0 amide bonds. The third-order valence-electron chi connectivity index (χ3n) is 4.72. The highest BCUT2D eigenvalue weighted by Gasteiger charge is 2.41. The minimum atomic E-state index is 0.0860. The fraction of sp³-hybridized carbons (Fsp3) is 0.294. The number of fused-ring (bicyclic) bond motifs is 1. The van der Waals surface area contributed by atoms with Gasteiger partial charge in [0.05, 0.1) is 0 Å². The van der Waals surface area contributed by atoms with Gasteiger partial charge in [-0.3, -0.25) is 0 Å². The van der Waals surface area contributed by atoms with Crippen molar-refractivity contribution in [1.29, 1.82) is 0 Å². The molecule has 1 aliphatic carbocycles. The average molecular weight is 314 g/mol. The zero-order chi connectivity index (χ0) is 13.0. The zero-order valence-corrected chi connectivity index (χ0v) is 12.5. The first kappa shape index (κ1) is 11.7. The Kier molecular flexibility index (Phi) is 2.42. The fourth-order valence-corrected chi connectivity index (χ4v) is 4.08. The summed E-state index contributed by atoms with van der Waals surface area (Å²) in [5.74, 6) is 0. The molecule has 0 spiro atoms. The van der Waals surface area contributed by atoms with Gasteiger partial charge < -0.3 is 5.32 Å². The smallest absolute Gasteiger partial charge is 0.0364 e. The molecule has 96 valence electrons. The summed E-state index contributed by atoms with van der Waals surface area (Å²) >= 11 is 3.63. The Labute approximate surface area is 122 Å². The van der Waals surface area contributed by atoms with Crippen LogP contribution < -0.4 is 5.32 Å². The van der Waals surface area contributed by atoms with Crippen LogP contribution in [0.1, 0.15) is 35.2 Å². The van der Waals surface area contributed by atoms with Crippen LogP contribution in [-0.4, -0.2) is 6.54 Å². The summed E-state index contributed by atoms with van der Waals surface area (Å²) < 4.78 is 1.18. The molecule has 0 fully saturated rings. The van der Waals surface area contributed by atoms with Crippen molar-refractivity contribution in [3.63, 3.8) is 0 Å². The summed E-state index contributed by atoms with van der Waals surface area (Å²) in [4.78, 5) is 0. The van der Waals surface area contributed by atoms with Gasteiger partial charge in [0.2, 0.25) is 0 Å². The van der Waals surface area contributed by atoms with E-state index in [-0.39, 0.29) is 5.41 Å². The maximum atomic E-state index is 3.73. The van der Waals surface area contributed by atoms with Crippen LogP contribution in [0.15, 0.2) is 46.9 Å². The zero-order valence-electron chi connectivity index (χ0n) is 10.9. The van der Waals surface area contributed by atoms with Gasteiger partial charge in [0.25, 0.3) is 0 Å². The van der Waals surface area contributed by atoms with Gasteiger partial charge in [-0.25, -0.2) is 0 Å². The quantitative estimate of drug-likeness (QED) is 0.776. The maximum Gasteiger partial charge on any atom is 0.0364 e. The normalized spacial score (nSPS) is 27.6. The van der Waals surface area contributed by atoms with Crippen LogP contribution >= 0.6 is 15.9 Å². The highest BCUT2D eigenvalue weighted by molar-refractivity contribution is 9.10. The van der Waals surface area contributed by atoms with Gasteiger partial charge >= 0.3 is 0 Å². The van der Waals surface area contributed by atoms with E-state index in [1.807, 2.05) is 0 Å². The third kappa shape index (κ3) is 1.56. The minimum Gasteiger partial charge on any atom is -0.308 e. The van der Waals surface area contributed by atoms with Crippen LogP contribution in [0.4, 0.5) is 0 Å². The number of benzene rings is 2. The number of halogens is 1. The molecular weight excluding hydrogens is 298 g/mol. The van der Waals surface area contributed by atoms with E-state index < -0.39 is 0 Å². The molecule has 1 nitrogen and oxygen atoms in total. The fourth-order valence-electron chi connectivity index (χ4n) is 3.72. The molecule has 3 aliphatic rings. The lowest BCUT2D eigenvalue weighted by atomic mass is 9.72. The lowest BCUT2D eigenvalue weighted by Gasteiger charge is -2.37.